The second-order valence-electron chi connectivity index (χ2n) is 7.81. The first-order chi connectivity index (χ1) is 16.9. The van der Waals surface area contributed by atoms with E-state index >= 15 is 0 Å². The van der Waals surface area contributed by atoms with Crippen molar-refractivity contribution in [2.45, 2.75) is 32.9 Å². The van der Waals surface area contributed by atoms with E-state index in [4.69, 9.17) is 4.74 Å². The molecular formula is C26H27FN4O4. The molecule has 3 N–H and O–H groups in total. The number of anilines is 1. The first-order valence-electron chi connectivity index (χ1n) is 11.1. The minimum Gasteiger partial charge on any atom is -0.444 e. The number of hydrogen-bond donors (Lipinski definition) is 3. The van der Waals surface area contributed by atoms with Gasteiger partial charge in [-0.3, -0.25) is 19.9 Å². The Morgan fingerprint density at radius 1 is 1.00 bits per heavy atom. The number of nitrogens with zero attached hydrogens (tertiary/aromatic N) is 1. The zero-order valence-corrected chi connectivity index (χ0v) is 19.5. The van der Waals surface area contributed by atoms with Gasteiger partial charge in [0, 0.05) is 42.7 Å². The summed E-state index contributed by atoms with van der Waals surface area (Å²) in [5.74, 6) is -0.998. The molecule has 0 saturated carbocycles. The van der Waals surface area contributed by atoms with E-state index in [1.165, 1.54) is 19.1 Å². The lowest BCUT2D eigenvalue weighted by molar-refractivity contribution is -0.119. The number of ether oxygens (including phenoxy) is 1. The fourth-order valence-corrected chi connectivity index (χ4v) is 3.24. The maximum Gasteiger partial charge on any atom is 0.411 e. The molecule has 0 radical (unpaired) electrons. The van der Waals surface area contributed by atoms with Gasteiger partial charge in [-0.15, -0.1) is 0 Å². The molecule has 35 heavy (non-hydrogen) atoms. The van der Waals surface area contributed by atoms with Crippen molar-refractivity contribution in [1.82, 2.24) is 15.6 Å². The van der Waals surface area contributed by atoms with Gasteiger partial charge in [0.15, 0.2) is 0 Å². The van der Waals surface area contributed by atoms with E-state index in [0.717, 1.165) is 5.56 Å². The Morgan fingerprint density at radius 3 is 2.34 bits per heavy atom. The van der Waals surface area contributed by atoms with Gasteiger partial charge in [0.1, 0.15) is 11.9 Å². The summed E-state index contributed by atoms with van der Waals surface area (Å²) in [4.78, 5) is 39.5. The third kappa shape index (κ3) is 7.63. The van der Waals surface area contributed by atoms with Crippen molar-refractivity contribution >= 4 is 23.6 Å². The lowest BCUT2D eigenvalue weighted by Gasteiger charge is -2.17. The van der Waals surface area contributed by atoms with E-state index in [0.29, 0.717) is 29.7 Å². The fraction of sp³-hybridized carbons (Fsp3) is 0.231. The molecule has 3 rings (SSSR count). The molecule has 1 aromatic heterocycles. The molecule has 0 aliphatic heterocycles. The molecule has 0 fully saturated rings. The SMILES string of the molecule is CC[C@H](CNC(C)=O)OC(=O)Nc1ccc(-c2ccc(C(=O)NCc3ccncc3)cc2)c(F)c1. The van der Waals surface area contributed by atoms with Crippen LogP contribution in [0.2, 0.25) is 0 Å². The summed E-state index contributed by atoms with van der Waals surface area (Å²) in [7, 11) is 0. The number of rotatable bonds is 9. The molecule has 0 unspecified atom stereocenters. The molecular weight excluding hydrogens is 451 g/mol. The second-order valence-corrected chi connectivity index (χ2v) is 7.81. The van der Waals surface area contributed by atoms with Crippen LogP contribution in [0.3, 0.4) is 0 Å². The van der Waals surface area contributed by atoms with Crippen molar-refractivity contribution in [3.63, 3.8) is 0 Å². The van der Waals surface area contributed by atoms with Crippen molar-refractivity contribution in [3.05, 3.63) is 83.9 Å². The standard InChI is InChI=1S/C26H27FN4O4/c1-3-22(16-29-17(2)32)35-26(34)31-21-8-9-23(24(27)14-21)19-4-6-20(7-5-19)25(33)30-15-18-10-12-28-13-11-18/h4-14,22H,3,15-16H2,1-2H3,(H,29,32)(H,30,33)(H,31,34)/t22-/m1/s1. The molecule has 2 aromatic carbocycles. The topological polar surface area (TPSA) is 109 Å². The van der Waals surface area contributed by atoms with Crippen LogP contribution in [0.5, 0.6) is 0 Å². The summed E-state index contributed by atoms with van der Waals surface area (Å²) in [6.07, 6.45) is 2.59. The maximum atomic E-state index is 14.8. The molecule has 0 spiro atoms. The minimum absolute atomic E-state index is 0.199. The van der Waals surface area contributed by atoms with E-state index < -0.39 is 18.0 Å². The minimum atomic E-state index is -0.739. The summed E-state index contributed by atoms with van der Waals surface area (Å²) in [5, 5.41) is 7.92. The van der Waals surface area contributed by atoms with Crippen molar-refractivity contribution in [2.24, 2.45) is 0 Å². The zero-order valence-electron chi connectivity index (χ0n) is 19.5. The van der Waals surface area contributed by atoms with Crippen LogP contribution in [-0.4, -0.2) is 35.5 Å². The number of aromatic nitrogens is 1. The summed E-state index contributed by atoms with van der Waals surface area (Å²) in [6, 6.07) is 14.5. The third-order valence-electron chi connectivity index (χ3n) is 5.18. The Labute approximate surface area is 202 Å². The van der Waals surface area contributed by atoms with Gasteiger partial charge in [0.2, 0.25) is 5.91 Å². The predicted octanol–water partition coefficient (Wildman–Crippen LogP) is 4.28. The first-order valence-corrected chi connectivity index (χ1v) is 11.1. The average molecular weight is 479 g/mol. The first kappa shape index (κ1) is 25.4. The monoisotopic (exact) mass is 478 g/mol. The molecule has 3 amide bonds. The lowest BCUT2D eigenvalue weighted by Crippen LogP contribution is -2.34. The van der Waals surface area contributed by atoms with Crippen molar-refractivity contribution in [2.75, 3.05) is 11.9 Å². The Bertz CT molecular complexity index is 1170. The molecule has 3 aromatic rings. The van der Waals surface area contributed by atoms with Crippen LogP contribution in [0.1, 0.15) is 36.2 Å². The maximum absolute atomic E-state index is 14.8. The number of carbonyl (C=O) groups is 3. The van der Waals surface area contributed by atoms with E-state index in [9.17, 15) is 18.8 Å². The van der Waals surface area contributed by atoms with Crippen molar-refractivity contribution < 1.29 is 23.5 Å². The van der Waals surface area contributed by atoms with Gasteiger partial charge in [-0.1, -0.05) is 19.1 Å². The molecule has 182 valence electrons. The lowest BCUT2D eigenvalue weighted by atomic mass is 10.0. The fourth-order valence-electron chi connectivity index (χ4n) is 3.24. The van der Waals surface area contributed by atoms with Crippen LogP contribution >= 0.6 is 0 Å². The summed E-state index contributed by atoms with van der Waals surface area (Å²) in [6.45, 7) is 3.78. The molecule has 1 atom stereocenters. The van der Waals surface area contributed by atoms with E-state index in [-0.39, 0.29) is 24.0 Å². The Hall–Kier alpha value is -4.27. The number of benzene rings is 2. The normalized spacial score (nSPS) is 11.3. The quantitative estimate of drug-likeness (QED) is 0.425. The summed E-state index contributed by atoms with van der Waals surface area (Å²) in [5.41, 5.74) is 2.53. The van der Waals surface area contributed by atoms with Gasteiger partial charge < -0.3 is 15.4 Å². The van der Waals surface area contributed by atoms with Crippen LogP contribution in [0.4, 0.5) is 14.9 Å². The van der Waals surface area contributed by atoms with Gasteiger partial charge in [-0.25, -0.2) is 9.18 Å². The van der Waals surface area contributed by atoms with Gasteiger partial charge in [-0.2, -0.15) is 0 Å². The Balaban J connectivity index is 1.59. The molecule has 8 nitrogen and oxygen atoms in total. The van der Waals surface area contributed by atoms with Crippen LogP contribution in [0, 0.1) is 5.82 Å². The number of amides is 3. The highest BCUT2D eigenvalue weighted by Crippen LogP contribution is 2.26. The van der Waals surface area contributed by atoms with Crippen LogP contribution in [-0.2, 0) is 16.1 Å². The van der Waals surface area contributed by atoms with Gasteiger partial charge in [-0.05, 0) is 60.0 Å². The molecule has 0 aliphatic rings. The number of pyridine rings is 1. The van der Waals surface area contributed by atoms with Crippen LogP contribution in [0.25, 0.3) is 11.1 Å². The molecule has 1 heterocycles. The van der Waals surface area contributed by atoms with Crippen molar-refractivity contribution in [3.8, 4) is 11.1 Å². The molecule has 0 saturated heterocycles. The van der Waals surface area contributed by atoms with Crippen LogP contribution in [0.15, 0.2) is 67.0 Å². The highest BCUT2D eigenvalue weighted by atomic mass is 19.1. The highest BCUT2D eigenvalue weighted by Gasteiger charge is 2.15. The predicted molar refractivity (Wildman–Crippen MR) is 130 cm³/mol. The Morgan fingerprint density at radius 2 is 1.71 bits per heavy atom. The summed E-state index contributed by atoms with van der Waals surface area (Å²) < 4.78 is 20.0. The Kier molecular flexibility index (Phi) is 8.89. The number of nitrogens with one attached hydrogen (secondary N) is 3. The number of halogens is 1. The van der Waals surface area contributed by atoms with Crippen molar-refractivity contribution in [1.29, 1.82) is 0 Å². The smallest absolute Gasteiger partial charge is 0.411 e. The van der Waals surface area contributed by atoms with Gasteiger partial charge in [0.05, 0.1) is 6.54 Å². The number of carbonyl (C=O) groups excluding carboxylic acids is 3. The molecule has 0 aliphatic carbocycles. The number of hydrogen-bond acceptors (Lipinski definition) is 5. The summed E-state index contributed by atoms with van der Waals surface area (Å²) >= 11 is 0. The van der Waals surface area contributed by atoms with E-state index in [1.54, 1.807) is 42.7 Å². The molecule has 9 heteroatoms. The molecule has 0 bridgehead atoms. The third-order valence-corrected chi connectivity index (χ3v) is 5.18. The van der Waals surface area contributed by atoms with Gasteiger partial charge >= 0.3 is 6.09 Å². The second kappa shape index (κ2) is 12.3. The van der Waals surface area contributed by atoms with Crippen LogP contribution < -0.4 is 16.0 Å². The largest absolute Gasteiger partial charge is 0.444 e. The van der Waals surface area contributed by atoms with Gasteiger partial charge in [0.25, 0.3) is 5.91 Å². The van der Waals surface area contributed by atoms with E-state index in [2.05, 4.69) is 20.9 Å². The highest BCUT2D eigenvalue weighted by molar-refractivity contribution is 5.94. The zero-order chi connectivity index (χ0) is 25.2. The average Bonchev–Trinajstić information content (AvgIpc) is 2.86. The van der Waals surface area contributed by atoms with E-state index in [1.807, 2.05) is 19.1 Å².